The second-order valence-electron chi connectivity index (χ2n) is 4.31. The second kappa shape index (κ2) is 6.26. The molecule has 18 heavy (non-hydrogen) atoms. The van der Waals surface area contributed by atoms with Crippen molar-refractivity contribution < 1.29 is 12.8 Å². The smallest absolute Gasteiger partial charge is 0.216 e. The molecule has 0 bridgehead atoms. The van der Waals surface area contributed by atoms with Crippen LogP contribution < -0.4 is 10.0 Å². The van der Waals surface area contributed by atoms with E-state index in [1.54, 1.807) is 33.0 Å². The molecule has 6 heteroatoms. The monoisotopic (exact) mass is 274 g/mol. The fourth-order valence-corrected chi connectivity index (χ4v) is 2.85. The maximum Gasteiger partial charge on any atom is 0.216 e. The molecule has 2 atom stereocenters. The van der Waals surface area contributed by atoms with Crippen LogP contribution in [-0.4, -0.2) is 27.3 Å². The fraction of sp³-hybridized carbons (Fsp3) is 0.500. The van der Waals surface area contributed by atoms with Crippen LogP contribution in [0.4, 0.5) is 4.39 Å². The summed E-state index contributed by atoms with van der Waals surface area (Å²) in [6.45, 7) is 3.68. The van der Waals surface area contributed by atoms with Crippen LogP contribution >= 0.6 is 0 Å². The fourth-order valence-electron chi connectivity index (χ4n) is 1.60. The van der Waals surface area contributed by atoms with E-state index in [0.29, 0.717) is 12.1 Å². The molecule has 0 amide bonds. The zero-order valence-corrected chi connectivity index (χ0v) is 11.6. The van der Waals surface area contributed by atoms with Gasteiger partial charge in [0.1, 0.15) is 5.82 Å². The van der Waals surface area contributed by atoms with Gasteiger partial charge in [-0.2, -0.15) is 0 Å². The van der Waals surface area contributed by atoms with Crippen LogP contribution in [0.25, 0.3) is 0 Å². The van der Waals surface area contributed by atoms with Crippen LogP contribution in [0.1, 0.15) is 25.5 Å². The summed E-state index contributed by atoms with van der Waals surface area (Å²) in [7, 11) is -1.72. The highest BCUT2D eigenvalue weighted by Gasteiger charge is 2.22. The highest BCUT2D eigenvalue weighted by atomic mass is 32.2. The first-order valence-electron chi connectivity index (χ1n) is 5.78. The SMILES string of the molecule is CNCC(C)S(=O)(=O)NC(C)c1cccc(F)c1. The standard InChI is InChI=1S/C12H19FN2O2S/c1-9(8-14-3)18(16,17)15-10(2)11-5-4-6-12(13)7-11/h4-7,9-10,14-15H,8H2,1-3H3. The molecular weight excluding hydrogens is 255 g/mol. The Kier molecular flexibility index (Phi) is 5.25. The first-order valence-corrected chi connectivity index (χ1v) is 7.32. The molecule has 102 valence electrons. The van der Waals surface area contributed by atoms with Gasteiger partial charge < -0.3 is 5.32 Å². The lowest BCUT2D eigenvalue weighted by Crippen LogP contribution is -2.39. The van der Waals surface area contributed by atoms with Crippen LogP contribution in [0.3, 0.4) is 0 Å². The summed E-state index contributed by atoms with van der Waals surface area (Å²) in [4.78, 5) is 0. The van der Waals surface area contributed by atoms with Crippen molar-refractivity contribution >= 4 is 10.0 Å². The third kappa shape index (κ3) is 4.04. The lowest BCUT2D eigenvalue weighted by Gasteiger charge is -2.18. The van der Waals surface area contributed by atoms with Crippen LogP contribution in [-0.2, 0) is 10.0 Å². The van der Waals surface area contributed by atoms with Gasteiger partial charge in [-0.1, -0.05) is 12.1 Å². The Hall–Kier alpha value is -0.980. The Balaban J connectivity index is 2.78. The van der Waals surface area contributed by atoms with E-state index >= 15 is 0 Å². The van der Waals surface area contributed by atoms with Crippen molar-refractivity contribution in [1.29, 1.82) is 0 Å². The van der Waals surface area contributed by atoms with E-state index in [1.807, 2.05) is 0 Å². The topological polar surface area (TPSA) is 58.2 Å². The van der Waals surface area contributed by atoms with E-state index in [4.69, 9.17) is 0 Å². The summed E-state index contributed by atoms with van der Waals surface area (Å²) < 4.78 is 39.5. The lowest BCUT2D eigenvalue weighted by molar-refractivity contribution is 0.548. The molecule has 4 nitrogen and oxygen atoms in total. The van der Waals surface area contributed by atoms with Crippen molar-refractivity contribution in [2.75, 3.05) is 13.6 Å². The van der Waals surface area contributed by atoms with Gasteiger partial charge in [0.25, 0.3) is 0 Å². The number of sulfonamides is 1. The van der Waals surface area contributed by atoms with E-state index in [9.17, 15) is 12.8 Å². The van der Waals surface area contributed by atoms with E-state index in [1.165, 1.54) is 12.1 Å². The Labute approximate surface area is 108 Å². The first-order chi connectivity index (χ1) is 8.36. The molecule has 0 aliphatic carbocycles. The number of hydrogen-bond acceptors (Lipinski definition) is 3. The van der Waals surface area contributed by atoms with Crippen molar-refractivity contribution in [1.82, 2.24) is 10.0 Å². The lowest BCUT2D eigenvalue weighted by atomic mass is 10.1. The Morgan fingerprint density at radius 3 is 2.56 bits per heavy atom. The second-order valence-corrected chi connectivity index (χ2v) is 6.44. The van der Waals surface area contributed by atoms with Gasteiger partial charge in [0.15, 0.2) is 0 Å². The van der Waals surface area contributed by atoms with Crippen molar-refractivity contribution in [2.45, 2.75) is 25.1 Å². The molecule has 0 aromatic heterocycles. The molecule has 1 rings (SSSR count). The van der Waals surface area contributed by atoms with Gasteiger partial charge in [0.2, 0.25) is 10.0 Å². The molecule has 0 aliphatic heterocycles. The Morgan fingerprint density at radius 1 is 1.33 bits per heavy atom. The van der Waals surface area contributed by atoms with E-state index in [-0.39, 0.29) is 5.82 Å². The van der Waals surface area contributed by atoms with Crippen molar-refractivity contribution in [3.05, 3.63) is 35.6 Å². The maximum atomic E-state index is 13.1. The van der Waals surface area contributed by atoms with Crippen LogP contribution in [0, 0.1) is 5.82 Å². The summed E-state index contributed by atoms with van der Waals surface area (Å²) in [5.74, 6) is -0.373. The minimum atomic E-state index is -3.42. The average Bonchev–Trinajstić information content (AvgIpc) is 2.28. The van der Waals surface area contributed by atoms with Gasteiger partial charge in [0.05, 0.1) is 5.25 Å². The minimum absolute atomic E-state index is 0.366. The van der Waals surface area contributed by atoms with Gasteiger partial charge in [0, 0.05) is 12.6 Å². The zero-order chi connectivity index (χ0) is 13.8. The highest BCUT2D eigenvalue weighted by Crippen LogP contribution is 2.15. The average molecular weight is 274 g/mol. The molecule has 0 radical (unpaired) electrons. The zero-order valence-electron chi connectivity index (χ0n) is 10.8. The van der Waals surface area contributed by atoms with Crippen molar-refractivity contribution in [3.63, 3.8) is 0 Å². The van der Waals surface area contributed by atoms with Gasteiger partial charge in [-0.05, 0) is 38.6 Å². The molecule has 1 aromatic rings. The quantitative estimate of drug-likeness (QED) is 0.824. The number of halogens is 1. The molecule has 0 fully saturated rings. The third-order valence-electron chi connectivity index (χ3n) is 2.71. The van der Waals surface area contributed by atoms with Crippen LogP contribution in [0.5, 0.6) is 0 Å². The number of rotatable bonds is 6. The third-order valence-corrected chi connectivity index (χ3v) is 4.62. The normalized spacial score (nSPS) is 15.3. The number of hydrogen-bond donors (Lipinski definition) is 2. The molecule has 0 heterocycles. The molecule has 2 unspecified atom stereocenters. The maximum absolute atomic E-state index is 13.1. The van der Waals surface area contributed by atoms with Gasteiger partial charge in [-0.25, -0.2) is 17.5 Å². The van der Waals surface area contributed by atoms with Crippen molar-refractivity contribution in [3.8, 4) is 0 Å². The summed E-state index contributed by atoms with van der Waals surface area (Å²) in [6, 6.07) is 5.46. The summed E-state index contributed by atoms with van der Waals surface area (Å²) in [5.41, 5.74) is 0.607. The predicted molar refractivity (Wildman–Crippen MR) is 70.3 cm³/mol. The Morgan fingerprint density at radius 2 is 2.00 bits per heavy atom. The molecular formula is C12H19FN2O2S. The largest absolute Gasteiger partial charge is 0.318 e. The van der Waals surface area contributed by atoms with E-state index in [2.05, 4.69) is 10.0 Å². The van der Waals surface area contributed by atoms with E-state index in [0.717, 1.165) is 0 Å². The van der Waals surface area contributed by atoms with E-state index < -0.39 is 21.3 Å². The van der Waals surface area contributed by atoms with Gasteiger partial charge >= 0.3 is 0 Å². The van der Waals surface area contributed by atoms with Crippen LogP contribution in [0.15, 0.2) is 24.3 Å². The Bertz CT molecular complexity index is 491. The van der Waals surface area contributed by atoms with Gasteiger partial charge in [-0.15, -0.1) is 0 Å². The molecule has 2 N–H and O–H groups in total. The molecule has 0 aliphatic rings. The van der Waals surface area contributed by atoms with Gasteiger partial charge in [-0.3, -0.25) is 0 Å². The molecule has 1 aromatic carbocycles. The summed E-state index contributed by atoms with van der Waals surface area (Å²) >= 11 is 0. The molecule has 0 spiro atoms. The minimum Gasteiger partial charge on any atom is -0.318 e. The first kappa shape index (κ1) is 15.1. The highest BCUT2D eigenvalue weighted by molar-refractivity contribution is 7.90. The molecule has 0 saturated heterocycles. The summed E-state index contributed by atoms with van der Waals surface area (Å²) in [5, 5.41) is 2.27. The predicted octanol–water partition coefficient (Wildman–Crippen LogP) is 1.41. The number of nitrogens with one attached hydrogen (secondary N) is 2. The van der Waals surface area contributed by atoms with Crippen LogP contribution in [0.2, 0.25) is 0 Å². The summed E-state index contributed by atoms with van der Waals surface area (Å²) in [6.07, 6.45) is 0. The molecule has 0 saturated carbocycles. The number of benzene rings is 1. The van der Waals surface area contributed by atoms with Crippen molar-refractivity contribution in [2.24, 2.45) is 0 Å².